The highest BCUT2D eigenvalue weighted by Crippen LogP contribution is 2.32. The van der Waals surface area contributed by atoms with E-state index >= 15 is 0 Å². The van der Waals surface area contributed by atoms with E-state index in [1.165, 1.54) is 0 Å². The van der Waals surface area contributed by atoms with Crippen LogP contribution in [0.1, 0.15) is 46.0 Å². The van der Waals surface area contributed by atoms with Crippen molar-refractivity contribution in [3.8, 4) is 0 Å². The first-order valence-corrected chi connectivity index (χ1v) is 10.1. The van der Waals surface area contributed by atoms with Crippen LogP contribution in [0.5, 0.6) is 0 Å². The Bertz CT molecular complexity index is 274. The molecule has 92 valence electrons. The molecular formula is C10H24O3SSi. The fourth-order valence-corrected chi connectivity index (χ4v) is 7.05. The van der Waals surface area contributed by atoms with Gasteiger partial charge in [0.2, 0.25) is 0 Å². The number of hydrogen-bond donors (Lipinski definition) is 1. The normalized spacial score (nSPS) is 16.7. The number of hydrogen-bond acceptors (Lipinski definition) is 2. The molecule has 1 atom stereocenters. The largest absolute Gasteiger partial charge is 0.285 e. The van der Waals surface area contributed by atoms with E-state index in [9.17, 15) is 13.0 Å². The molecule has 0 rings (SSSR count). The molecule has 0 aliphatic carbocycles. The highest BCUT2D eigenvalue weighted by atomic mass is 32.2. The molecule has 0 spiro atoms. The Hall–Kier alpha value is 0.127. The Labute approximate surface area is 95.6 Å². The zero-order valence-corrected chi connectivity index (χ0v) is 12.3. The smallest absolute Gasteiger partial charge is 0.267 e. The third-order valence-electron chi connectivity index (χ3n) is 3.19. The van der Waals surface area contributed by atoms with Gasteiger partial charge in [-0.25, -0.2) is 0 Å². The van der Waals surface area contributed by atoms with Crippen molar-refractivity contribution in [2.24, 2.45) is 0 Å². The summed E-state index contributed by atoms with van der Waals surface area (Å²) in [6.45, 7) is 8.05. The second-order valence-corrected chi connectivity index (χ2v) is 10.1. The Balaban J connectivity index is 5.09. The molecule has 5 heteroatoms. The minimum atomic E-state index is -3.90. The van der Waals surface area contributed by atoms with Crippen molar-refractivity contribution < 1.29 is 13.0 Å². The monoisotopic (exact) mass is 252 g/mol. The van der Waals surface area contributed by atoms with Crippen LogP contribution in [-0.2, 0) is 10.1 Å². The first-order valence-electron chi connectivity index (χ1n) is 5.78. The standard InChI is InChI=1S/C10H24O3SSi/c1-5-7-9-10(8-6-2,15(3)4)14(11,12)13/h15H,5-9H2,1-4H3,(H,11,12,13). The van der Waals surface area contributed by atoms with Gasteiger partial charge in [0.15, 0.2) is 0 Å². The Morgan fingerprint density at radius 2 is 1.67 bits per heavy atom. The number of unbranched alkanes of at least 4 members (excludes halogenated alkanes) is 1. The van der Waals surface area contributed by atoms with Gasteiger partial charge < -0.3 is 0 Å². The van der Waals surface area contributed by atoms with Crippen LogP contribution in [-0.4, -0.2) is 26.1 Å². The second-order valence-electron chi connectivity index (χ2n) is 4.55. The second kappa shape index (κ2) is 6.01. The fraction of sp³-hybridized carbons (Fsp3) is 1.00. The third kappa shape index (κ3) is 3.57. The van der Waals surface area contributed by atoms with E-state index in [2.05, 4.69) is 0 Å². The molecule has 0 heterocycles. The molecule has 0 aromatic carbocycles. The maximum Gasteiger partial charge on any atom is 0.267 e. The lowest BCUT2D eigenvalue weighted by atomic mass is 10.1. The van der Waals surface area contributed by atoms with Gasteiger partial charge in [-0.05, 0) is 12.8 Å². The molecule has 0 saturated carbocycles. The van der Waals surface area contributed by atoms with Crippen LogP contribution in [0.4, 0.5) is 0 Å². The summed E-state index contributed by atoms with van der Waals surface area (Å²) in [5.41, 5.74) is 0. The molecular weight excluding hydrogens is 228 g/mol. The van der Waals surface area contributed by atoms with Crippen LogP contribution in [0.3, 0.4) is 0 Å². The van der Waals surface area contributed by atoms with E-state index < -0.39 is 23.3 Å². The van der Waals surface area contributed by atoms with Crippen LogP contribution in [0.25, 0.3) is 0 Å². The van der Waals surface area contributed by atoms with Crippen molar-refractivity contribution in [1.82, 2.24) is 0 Å². The minimum absolute atomic E-state index is 0.607. The summed E-state index contributed by atoms with van der Waals surface area (Å²) in [5, 5.41) is 0. The SMILES string of the molecule is CCCCC(CCC)([SiH](C)C)S(=O)(=O)O. The van der Waals surface area contributed by atoms with Gasteiger partial charge in [-0.3, -0.25) is 4.55 Å². The summed E-state index contributed by atoms with van der Waals surface area (Å²) in [7, 11) is -5.33. The molecule has 0 amide bonds. The molecule has 1 N–H and O–H groups in total. The maximum atomic E-state index is 11.6. The van der Waals surface area contributed by atoms with Gasteiger partial charge in [0, 0.05) is 0 Å². The van der Waals surface area contributed by atoms with Crippen LogP contribution in [0.2, 0.25) is 13.1 Å². The lowest BCUT2D eigenvalue weighted by Crippen LogP contribution is -2.49. The first-order chi connectivity index (χ1) is 6.81. The Kier molecular flexibility index (Phi) is 6.06. The van der Waals surface area contributed by atoms with Crippen molar-refractivity contribution in [3.05, 3.63) is 0 Å². The predicted octanol–water partition coefficient (Wildman–Crippen LogP) is 2.63. The van der Waals surface area contributed by atoms with Gasteiger partial charge in [0.1, 0.15) is 0 Å². The van der Waals surface area contributed by atoms with Crippen molar-refractivity contribution >= 4 is 18.9 Å². The molecule has 0 aromatic heterocycles. The molecule has 1 unspecified atom stereocenters. The summed E-state index contributed by atoms with van der Waals surface area (Å²) in [4.78, 5) is 0. The molecule has 3 nitrogen and oxygen atoms in total. The molecule has 0 radical (unpaired) electrons. The molecule has 0 aliphatic rings. The zero-order chi connectivity index (χ0) is 12.1. The molecule has 15 heavy (non-hydrogen) atoms. The average molecular weight is 252 g/mol. The first kappa shape index (κ1) is 15.1. The summed E-state index contributed by atoms with van der Waals surface area (Å²) in [6.07, 6.45) is 3.90. The Morgan fingerprint density at radius 3 is 1.93 bits per heavy atom. The van der Waals surface area contributed by atoms with Crippen LogP contribution >= 0.6 is 0 Å². The highest BCUT2D eigenvalue weighted by Gasteiger charge is 2.44. The van der Waals surface area contributed by atoms with Gasteiger partial charge >= 0.3 is 0 Å². The summed E-state index contributed by atoms with van der Waals surface area (Å²) < 4.78 is 31.8. The quantitative estimate of drug-likeness (QED) is 0.560. The van der Waals surface area contributed by atoms with Gasteiger partial charge in [-0.2, -0.15) is 8.42 Å². The van der Waals surface area contributed by atoms with Crippen molar-refractivity contribution in [1.29, 1.82) is 0 Å². The van der Waals surface area contributed by atoms with Gasteiger partial charge in [-0.1, -0.05) is 46.2 Å². The van der Waals surface area contributed by atoms with Crippen molar-refractivity contribution in [3.63, 3.8) is 0 Å². The zero-order valence-electron chi connectivity index (χ0n) is 10.3. The van der Waals surface area contributed by atoms with E-state index in [-0.39, 0.29) is 0 Å². The highest BCUT2D eigenvalue weighted by molar-refractivity contribution is 7.89. The van der Waals surface area contributed by atoms with E-state index in [0.29, 0.717) is 12.8 Å². The van der Waals surface area contributed by atoms with Gasteiger partial charge in [0.25, 0.3) is 10.1 Å². The topological polar surface area (TPSA) is 54.4 Å². The molecule has 0 aliphatic heterocycles. The van der Waals surface area contributed by atoms with E-state index in [4.69, 9.17) is 0 Å². The van der Waals surface area contributed by atoms with E-state index in [0.717, 1.165) is 19.3 Å². The molecule has 0 aromatic rings. The van der Waals surface area contributed by atoms with E-state index in [1.54, 1.807) is 0 Å². The molecule has 0 bridgehead atoms. The van der Waals surface area contributed by atoms with Crippen LogP contribution in [0.15, 0.2) is 0 Å². The fourth-order valence-electron chi connectivity index (χ4n) is 2.16. The van der Waals surface area contributed by atoms with Gasteiger partial charge in [0.05, 0.1) is 13.2 Å². The minimum Gasteiger partial charge on any atom is -0.285 e. The lowest BCUT2D eigenvalue weighted by molar-refractivity contribution is 0.432. The van der Waals surface area contributed by atoms with Crippen molar-refractivity contribution in [2.75, 3.05) is 0 Å². The summed E-state index contributed by atoms with van der Waals surface area (Å²) >= 11 is 0. The lowest BCUT2D eigenvalue weighted by Gasteiger charge is -2.33. The van der Waals surface area contributed by atoms with Gasteiger partial charge in [-0.15, -0.1) is 0 Å². The third-order valence-corrected chi connectivity index (χ3v) is 9.62. The van der Waals surface area contributed by atoms with Crippen LogP contribution in [0, 0.1) is 0 Å². The summed E-state index contributed by atoms with van der Waals surface area (Å²) in [5.74, 6) is 0. The predicted molar refractivity (Wildman–Crippen MR) is 67.6 cm³/mol. The van der Waals surface area contributed by atoms with Crippen molar-refractivity contribution in [2.45, 2.75) is 63.4 Å². The number of rotatable bonds is 7. The molecule has 0 saturated heterocycles. The Morgan fingerprint density at radius 1 is 1.13 bits per heavy atom. The maximum absolute atomic E-state index is 11.6. The summed E-state index contributed by atoms with van der Waals surface area (Å²) in [6, 6.07) is 0. The van der Waals surface area contributed by atoms with Crippen LogP contribution < -0.4 is 0 Å². The average Bonchev–Trinajstić information content (AvgIpc) is 2.09. The molecule has 0 fully saturated rings. The van der Waals surface area contributed by atoms with E-state index in [1.807, 2.05) is 26.9 Å².